The molecule has 1 heterocycles. The van der Waals surface area contributed by atoms with Gasteiger partial charge in [-0.3, -0.25) is 4.90 Å². The van der Waals surface area contributed by atoms with E-state index in [-0.39, 0.29) is 6.03 Å². The van der Waals surface area contributed by atoms with Gasteiger partial charge in [0.1, 0.15) is 0 Å². The van der Waals surface area contributed by atoms with Crippen LogP contribution in [0.5, 0.6) is 0 Å². The lowest BCUT2D eigenvalue weighted by molar-refractivity contribution is 0.211. The zero-order valence-corrected chi connectivity index (χ0v) is 10.5. The van der Waals surface area contributed by atoms with Crippen LogP contribution in [0.1, 0.15) is 5.56 Å². The first kappa shape index (κ1) is 12.0. The molecule has 0 unspecified atom stereocenters. The number of allylic oxidation sites excluding steroid dienone is 1. The van der Waals surface area contributed by atoms with E-state index in [0.717, 1.165) is 5.69 Å². The Kier molecular flexibility index (Phi) is 3.69. The minimum atomic E-state index is 0.0305. The monoisotopic (exact) mass is 250 g/mol. The number of para-hydroxylation sites is 1. The zero-order valence-electron chi connectivity index (χ0n) is 9.77. The van der Waals surface area contributed by atoms with Crippen LogP contribution in [-0.4, -0.2) is 30.4 Å². The molecule has 0 aromatic heterocycles. The summed E-state index contributed by atoms with van der Waals surface area (Å²) >= 11 is 5.58. The summed E-state index contributed by atoms with van der Waals surface area (Å²) < 4.78 is 0. The lowest BCUT2D eigenvalue weighted by atomic mass is 10.1. The first-order valence-electron chi connectivity index (χ1n) is 5.55. The highest BCUT2D eigenvalue weighted by molar-refractivity contribution is 6.18. The maximum absolute atomic E-state index is 12.1. The molecule has 0 saturated carbocycles. The van der Waals surface area contributed by atoms with Gasteiger partial charge < -0.3 is 4.90 Å². The summed E-state index contributed by atoms with van der Waals surface area (Å²) in [6.07, 6.45) is 3.77. The minimum Gasteiger partial charge on any atom is -0.323 e. The van der Waals surface area contributed by atoms with E-state index in [1.54, 1.807) is 9.80 Å². The van der Waals surface area contributed by atoms with Gasteiger partial charge in [-0.15, -0.1) is 11.6 Å². The quantitative estimate of drug-likeness (QED) is 0.598. The molecule has 0 spiro atoms. The van der Waals surface area contributed by atoms with E-state index in [0.29, 0.717) is 19.0 Å². The Morgan fingerprint density at radius 3 is 2.88 bits per heavy atom. The maximum atomic E-state index is 12.1. The topological polar surface area (TPSA) is 23.6 Å². The molecule has 2 amide bonds. The summed E-state index contributed by atoms with van der Waals surface area (Å²) in [6, 6.07) is 8.01. The average Bonchev–Trinajstić information content (AvgIpc) is 2.34. The van der Waals surface area contributed by atoms with Crippen LogP contribution < -0.4 is 4.90 Å². The molecule has 0 radical (unpaired) electrons. The minimum absolute atomic E-state index is 0.0305. The summed E-state index contributed by atoms with van der Waals surface area (Å²) in [5, 5.41) is 0. The second-order valence-electron chi connectivity index (χ2n) is 4.00. The highest BCUT2D eigenvalue weighted by Gasteiger charge is 2.26. The number of hydrogen-bond acceptors (Lipinski definition) is 1. The fourth-order valence-corrected chi connectivity index (χ4v) is 2.09. The zero-order chi connectivity index (χ0) is 12.3. The summed E-state index contributed by atoms with van der Waals surface area (Å²) in [7, 11) is 1.82. The highest BCUT2D eigenvalue weighted by Crippen LogP contribution is 2.27. The molecule has 90 valence electrons. The van der Waals surface area contributed by atoms with Gasteiger partial charge in [0, 0.05) is 26.0 Å². The van der Waals surface area contributed by atoms with Crippen LogP contribution in [0.2, 0.25) is 0 Å². The number of hydrogen-bond donors (Lipinski definition) is 0. The molecular weight excluding hydrogens is 236 g/mol. The third kappa shape index (κ3) is 2.44. The van der Waals surface area contributed by atoms with E-state index >= 15 is 0 Å². The van der Waals surface area contributed by atoms with Crippen molar-refractivity contribution >= 4 is 23.3 Å². The number of anilines is 1. The van der Waals surface area contributed by atoms with E-state index in [9.17, 15) is 4.79 Å². The molecule has 0 aliphatic carbocycles. The smallest absolute Gasteiger partial charge is 0.323 e. The number of amides is 2. The number of carbonyl (C=O) groups excluding carboxylic acids is 1. The molecule has 17 heavy (non-hydrogen) atoms. The van der Waals surface area contributed by atoms with E-state index < -0.39 is 0 Å². The predicted molar refractivity (Wildman–Crippen MR) is 70.5 cm³/mol. The molecule has 0 atom stereocenters. The molecule has 0 fully saturated rings. The SMILES string of the molecule is CN1Cc2ccccc2N(C/C=C/CCl)C1=O. The van der Waals surface area contributed by atoms with Crippen molar-refractivity contribution in [2.75, 3.05) is 24.4 Å². The van der Waals surface area contributed by atoms with Crippen LogP contribution in [0.4, 0.5) is 10.5 Å². The first-order chi connectivity index (χ1) is 8.24. The van der Waals surface area contributed by atoms with Crippen LogP contribution >= 0.6 is 11.6 Å². The van der Waals surface area contributed by atoms with Gasteiger partial charge in [-0.1, -0.05) is 30.4 Å². The van der Waals surface area contributed by atoms with E-state index in [4.69, 9.17) is 11.6 Å². The van der Waals surface area contributed by atoms with Crippen molar-refractivity contribution in [2.45, 2.75) is 6.54 Å². The fourth-order valence-electron chi connectivity index (χ4n) is 1.96. The molecular formula is C13H15ClN2O. The fraction of sp³-hybridized carbons (Fsp3) is 0.308. The van der Waals surface area contributed by atoms with Gasteiger partial charge in [-0.25, -0.2) is 4.79 Å². The number of halogens is 1. The van der Waals surface area contributed by atoms with Crippen molar-refractivity contribution in [3.8, 4) is 0 Å². The standard InChI is InChI=1S/C13H15ClN2O/c1-15-10-11-6-2-3-7-12(11)16(13(15)17)9-5-4-8-14/h2-7H,8-10H2,1H3/b5-4+. The normalized spacial score (nSPS) is 15.5. The number of fused-ring (bicyclic) bond motifs is 1. The molecule has 1 aliphatic heterocycles. The molecule has 0 saturated heterocycles. The summed E-state index contributed by atoms with van der Waals surface area (Å²) in [5.41, 5.74) is 2.17. The van der Waals surface area contributed by atoms with E-state index in [2.05, 4.69) is 6.07 Å². The third-order valence-electron chi connectivity index (χ3n) is 2.79. The molecule has 1 aromatic carbocycles. The van der Waals surface area contributed by atoms with Crippen LogP contribution in [0, 0.1) is 0 Å². The number of carbonyl (C=O) groups is 1. The Bertz CT molecular complexity index is 445. The van der Waals surface area contributed by atoms with Gasteiger partial charge in [-0.2, -0.15) is 0 Å². The van der Waals surface area contributed by atoms with Crippen LogP contribution in [0.25, 0.3) is 0 Å². The van der Waals surface area contributed by atoms with E-state index in [1.165, 1.54) is 5.56 Å². The van der Waals surface area contributed by atoms with Crippen molar-refractivity contribution in [1.82, 2.24) is 4.90 Å². The van der Waals surface area contributed by atoms with Gasteiger partial charge in [0.2, 0.25) is 0 Å². The van der Waals surface area contributed by atoms with Gasteiger partial charge >= 0.3 is 6.03 Å². The van der Waals surface area contributed by atoms with Gasteiger partial charge in [0.05, 0.1) is 5.69 Å². The molecule has 1 aliphatic rings. The number of nitrogens with zero attached hydrogens (tertiary/aromatic N) is 2. The molecule has 0 bridgehead atoms. The first-order valence-corrected chi connectivity index (χ1v) is 6.09. The number of rotatable bonds is 3. The largest absolute Gasteiger partial charge is 0.324 e. The third-order valence-corrected chi connectivity index (χ3v) is 2.97. The molecule has 4 heteroatoms. The summed E-state index contributed by atoms with van der Waals surface area (Å²) in [6.45, 7) is 1.23. The Balaban J connectivity index is 2.29. The molecule has 3 nitrogen and oxygen atoms in total. The van der Waals surface area contributed by atoms with Crippen LogP contribution in [0.3, 0.4) is 0 Å². The second kappa shape index (κ2) is 5.23. The van der Waals surface area contributed by atoms with Crippen LogP contribution in [0.15, 0.2) is 36.4 Å². The molecule has 0 N–H and O–H groups in total. The lowest BCUT2D eigenvalue weighted by Gasteiger charge is -2.34. The van der Waals surface area contributed by atoms with Crippen molar-refractivity contribution in [3.63, 3.8) is 0 Å². The number of alkyl halides is 1. The predicted octanol–water partition coefficient (Wildman–Crippen LogP) is 2.85. The average molecular weight is 251 g/mol. The van der Waals surface area contributed by atoms with Gasteiger partial charge in [-0.05, 0) is 11.6 Å². The Morgan fingerprint density at radius 1 is 1.35 bits per heavy atom. The molecule has 2 rings (SSSR count). The van der Waals surface area contributed by atoms with Crippen molar-refractivity contribution < 1.29 is 4.79 Å². The Labute approximate surface area is 106 Å². The molecule has 1 aromatic rings. The van der Waals surface area contributed by atoms with Crippen molar-refractivity contribution in [3.05, 3.63) is 42.0 Å². The Hall–Kier alpha value is -1.48. The van der Waals surface area contributed by atoms with Gasteiger partial charge in [0.15, 0.2) is 0 Å². The van der Waals surface area contributed by atoms with Crippen molar-refractivity contribution in [2.24, 2.45) is 0 Å². The van der Waals surface area contributed by atoms with E-state index in [1.807, 2.05) is 37.4 Å². The van der Waals surface area contributed by atoms with Gasteiger partial charge in [0.25, 0.3) is 0 Å². The maximum Gasteiger partial charge on any atom is 0.324 e. The number of benzene rings is 1. The van der Waals surface area contributed by atoms with Crippen molar-refractivity contribution in [1.29, 1.82) is 0 Å². The Morgan fingerprint density at radius 2 is 2.12 bits per heavy atom. The summed E-state index contributed by atoms with van der Waals surface area (Å²) in [5.74, 6) is 0.472. The summed E-state index contributed by atoms with van der Waals surface area (Å²) in [4.78, 5) is 15.6. The van der Waals surface area contributed by atoms with Crippen LogP contribution in [-0.2, 0) is 6.54 Å². The lowest BCUT2D eigenvalue weighted by Crippen LogP contribution is -2.45. The second-order valence-corrected chi connectivity index (χ2v) is 4.31. The number of urea groups is 1. The highest BCUT2D eigenvalue weighted by atomic mass is 35.5.